The van der Waals surface area contributed by atoms with Crippen LogP contribution in [-0.2, 0) is 0 Å². The van der Waals surface area contributed by atoms with Crippen molar-refractivity contribution in [3.63, 3.8) is 0 Å². The molecule has 1 amide bonds. The number of halogens is 1. The molecule has 1 saturated carbocycles. The van der Waals surface area contributed by atoms with E-state index in [-0.39, 0.29) is 11.9 Å². The molecule has 1 aliphatic carbocycles. The molecule has 0 unspecified atom stereocenters. The quantitative estimate of drug-likeness (QED) is 0.905. The molecule has 1 fully saturated rings. The molecule has 3 rings (SSSR count). The number of hydrogen-bond donors (Lipinski definition) is 2. The third-order valence-electron chi connectivity index (χ3n) is 3.69. The van der Waals surface area contributed by atoms with Crippen LogP contribution >= 0.6 is 11.6 Å². The van der Waals surface area contributed by atoms with E-state index in [1.165, 1.54) is 19.2 Å². The average molecular weight is 317 g/mol. The minimum atomic E-state index is -0.150. The van der Waals surface area contributed by atoms with Crippen molar-refractivity contribution < 1.29 is 4.79 Å². The molecular weight excluding hydrogens is 300 g/mol. The number of aromatic nitrogens is 2. The summed E-state index contributed by atoms with van der Waals surface area (Å²) < 4.78 is 0. The van der Waals surface area contributed by atoms with E-state index in [4.69, 9.17) is 11.6 Å². The number of hydrogen-bond acceptors (Lipinski definition) is 4. The van der Waals surface area contributed by atoms with Crippen molar-refractivity contribution in [2.24, 2.45) is 0 Å². The summed E-state index contributed by atoms with van der Waals surface area (Å²) in [5.74, 6) is 0.414. The van der Waals surface area contributed by atoms with Gasteiger partial charge in [-0.2, -0.15) is 0 Å². The third-order valence-corrected chi connectivity index (χ3v) is 3.92. The van der Waals surface area contributed by atoms with Crippen molar-refractivity contribution in [2.75, 3.05) is 5.32 Å². The van der Waals surface area contributed by atoms with Gasteiger partial charge < -0.3 is 10.6 Å². The summed E-state index contributed by atoms with van der Waals surface area (Å²) in [5.41, 5.74) is 1.18. The Hall–Kier alpha value is -2.14. The van der Waals surface area contributed by atoms with E-state index in [0.29, 0.717) is 16.5 Å². The smallest absolute Gasteiger partial charge is 0.270 e. The standard InChI is InChI=1S/C16H17ClN4O/c17-11-4-3-7-13(8-11)20-15-9-14(18-10-19-15)16(22)21-12-5-1-2-6-12/h3-4,7-10,12H,1-2,5-6H2,(H,21,22)(H,18,19,20). The molecule has 6 heteroatoms. The van der Waals surface area contributed by atoms with Crippen LogP contribution in [0, 0.1) is 0 Å². The van der Waals surface area contributed by atoms with Crippen molar-refractivity contribution in [3.05, 3.63) is 47.4 Å². The first-order chi connectivity index (χ1) is 10.7. The molecule has 1 aliphatic rings. The molecule has 114 valence electrons. The van der Waals surface area contributed by atoms with E-state index in [1.54, 1.807) is 18.2 Å². The second-order valence-corrected chi connectivity index (χ2v) is 5.82. The molecule has 0 atom stereocenters. The summed E-state index contributed by atoms with van der Waals surface area (Å²) in [7, 11) is 0. The maximum atomic E-state index is 12.2. The minimum Gasteiger partial charge on any atom is -0.348 e. The molecule has 5 nitrogen and oxygen atoms in total. The van der Waals surface area contributed by atoms with E-state index < -0.39 is 0 Å². The lowest BCUT2D eigenvalue weighted by atomic mass is 10.2. The highest BCUT2D eigenvalue weighted by Gasteiger charge is 2.18. The molecule has 0 radical (unpaired) electrons. The van der Waals surface area contributed by atoms with E-state index >= 15 is 0 Å². The Bertz CT molecular complexity index is 671. The minimum absolute atomic E-state index is 0.150. The van der Waals surface area contributed by atoms with Gasteiger partial charge in [-0.1, -0.05) is 30.5 Å². The van der Waals surface area contributed by atoms with Gasteiger partial charge in [0.05, 0.1) is 0 Å². The van der Waals surface area contributed by atoms with Crippen LogP contribution in [-0.4, -0.2) is 21.9 Å². The van der Waals surface area contributed by atoms with Gasteiger partial charge in [-0.3, -0.25) is 4.79 Å². The SMILES string of the molecule is O=C(NC1CCCC1)c1cc(Nc2cccc(Cl)c2)ncn1. The largest absolute Gasteiger partial charge is 0.348 e. The van der Waals surface area contributed by atoms with Crippen LogP contribution in [0.2, 0.25) is 5.02 Å². The zero-order chi connectivity index (χ0) is 15.4. The van der Waals surface area contributed by atoms with Gasteiger partial charge in [0.1, 0.15) is 17.8 Å². The summed E-state index contributed by atoms with van der Waals surface area (Å²) in [6, 6.07) is 9.23. The van der Waals surface area contributed by atoms with Crippen molar-refractivity contribution in [1.82, 2.24) is 15.3 Å². The fourth-order valence-corrected chi connectivity index (χ4v) is 2.78. The summed E-state index contributed by atoms with van der Waals surface area (Å²) in [6.07, 6.45) is 5.83. The Morgan fingerprint density at radius 3 is 2.77 bits per heavy atom. The summed E-state index contributed by atoms with van der Waals surface area (Å²) in [6.45, 7) is 0. The van der Waals surface area contributed by atoms with Gasteiger partial charge >= 0.3 is 0 Å². The molecule has 2 aromatic rings. The van der Waals surface area contributed by atoms with Gasteiger partial charge in [0.15, 0.2) is 0 Å². The van der Waals surface area contributed by atoms with Gasteiger partial charge in [-0.25, -0.2) is 9.97 Å². The van der Waals surface area contributed by atoms with Gasteiger partial charge in [0.25, 0.3) is 5.91 Å². The van der Waals surface area contributed by atoms with Crippen LogP contribution in [0.1, 0.15) is 36.2 Å². The zero-order valence-corrected chi connectivity index (χ0v) is 12.8. The molecular formula is C16H17ClN4O. The molecule has 0 bridgehead atoms. The van der Waals surface area contributed by atoms with Gasteiger partial charge in [-0.05, 0) is 31.0 Å². The third kappa shape index (κ3) is 3.74. The monoisotopic (exact) mass is 316 g/mol. The zero-order valence-electron chi connectivity index (χ0n) is 12.1. The van der Waals surface area contributed by atoms with Crippen LogP contribution in [0.5, 0.6) is 0 Å². The molecule has 1 aromatic carbocycles. The lowest BCUT2D eigenvalue weighted by Crippen LogP contribution is -2.33. The van der Waals surface area contributed by atoms with Crippen LogP contribution in [0.3, 0.4) is 0 Å². The van der Waals surface area contributed by atoms with Crippen LogP contribution in [0.15, 0.2) is 36.7 Å². The van der Waals surface area contributed by atoms with Crippen LogP contribution in [0.4, 0.5) is 11.5 Å². The highest BCUT2D eigenvalue weighted by atomic mass is 35.5. The number of rotatable bonds is 4. The second kappa shape index (κ2) is 6.75. The van der Waals surface area contributed by atoms with Crippen molar-refractivity contribution >= 4 is 29.0 Å². The second-order valence-electron chi connectivity index (χ2n) is 5.38. The van der Waals surface area contributed by atoms with Gasteiger partial charge in [0.2, 0.25) is 0 Å². The van der Waals surface area contributed by atoms with Gasteiger partial charge in [-0.15, -0.1) is 0 Å². The molecule has 22 heavy (non-hydrogen) atoms. The Morgan fingerprint density at radius 1 is 1.18 bits per heavy atom. The normalized spacial score (nSPS) is 14.8. The summed E-state index contributed by atoms with van der Waals surface area (Å²) in [5, 5.41) is 6.77. The Labute approximate surface area is 134 Å². The first kappa shape index (κ1) is 14.8. The number of amides is 1. The summed E-state index contributed by atoms with van der Waals surface area (Å²) in [4.78, 5) is 20.4. The average Bonchev–Trinajstić information content (AvgIpc) is 3.00. The van der Waals surface area contributed by atoms with E-state index in [2.05, 4.69) is 20.6 Å². The fourth-order valence-electron chi connectivity index (χ4n) is 2.59. The number of anilines is 2. The molecule has 0 aliphatic heterocycles. The molecule has 1 heterocycles. The van der Waals surface area contributed by atoms with Crippen LogP contribution in [0.25, 0.3) is 0 Å². The van der Waals surface area contributed by atoms with E-state index in [0.717, 1.165) is 18.5 Å². The maximum Gasteiger partial charge on any atom is 0.270 e. The first-order valence-electron chi connectivity index (χ1n) is 7.36. The van der Waals surface area contributed by atoms with Crippen molar-refractivity contribution in [3.8, 4) is 0 Å². The number of carbonyl (C=O) groups excluding carboxylic acids is 1. The Kier molecular flexibility index (Phi) is 4.53. The van der Waals surface area contributed by atoms with Crippen LogP contribution < -0.4 is 10.6 Å². The van der Waals surface area contributed by atoms with Crippen molar-refractivity contribution in [2.45, 2.75) is 31.7 Å². The lowest BCUT2D eigenvalue weighted by Gasteiger charge is -2.12. The number of nitrogens with one attached hydrogen (secondary N) is 2. The molecule has 0 spiro atoms. The highest BCUT2D eigenvalue weighted by molar-refractivity contribution is 6.30. The predicted octanol–water partition coefficient (Wildman–Crippen LogP) is 3.55. The number of benzene rings is 1. The molecule has 1 aromatic heterocycles. The van der Waals surface area contributed by atoms with E-state index in [9.17, 15) is 4.79 Å². The summed E-state index contributed by atoms with van der Waals surface area (Å²) >= 11 is 5.95. The Morgan fingerprint density at radius 2 is 2.00 bits per heavy atom. The van der Waals surface area contributed by atoms with Crippen molar-refractivity contribution in [1.29, 1.82) is 0 Å². The fraction of sp³-hybridized carbons (Fsp3) is 0.312. The maximum absolute atomic E-state index is 12.2. The number of nitrogens with zero attached hydrogens (tertiary/aromatic N) is 2. The predicted molar refractivity (Wildman–Crippen MR) is 86.5 cm³/mol. The highest BCUT2D eigenvalue weighted by Crippen LogP contribution is 2.20. The Balaban J connectivity index is 1.70. The topological polar surface area (TPSA) is 66.9 Å². The number of carbonyl (C=O) groups is 1. The molecule has 0 saturated heterocycles. The van der Waals surface area contributed by atoms with Gasteiger partial charge in [0, 0.05) is 22.8 Å². The molecule has 2 N–H and O–H groups in total. The first-order valence-corrected chi connectivity index (χ1v) is 7.74. The van der Waals surface area contributed by atoms with E-state index in [1.807, 2.05) is 12.1 Å². The lowest BCUT2D eigenvalue weighted by molar-refractivity contribution is 0.0932.